The molecule has 8 heteroatoms. The Morgan fingerprint density at radius 3 is 2.61 bits per heavy atom. The lowest BCUT2D eigenvalue weighted by Crippen LogP contribution is -2.39. The molecule has 2 atom stereocenters. The number of benzene rings is 1. The Morgan fingerprint density at radius 1 is 1.30 bits per heavy atom. The third-order valence-electron chi connectivity index (χ3n) is 3.43. The Bertz CT molecular complexity index is 534. The first-order valence-corrected chi connectivity index (χ1v) is 7.26. The quantitative estimate of drug-likeness (QED) is 0.313. The first-order chi connectivity index (χ1) is 10.4. The third-order valence-corrected chi connectivity index (χ3v) is 3.43. The standard InChI is InChI=1S/C15H19F4N3.HI/c1-2-20-14(21-8-7-15(17,18)19)22-13-9-11(13)10-5-3-4-6-12(10)16;/h3-6,11,13H,2,7-9H2,1H3,(H2,20,21,22);1H. The van der Waals surface area contributed by atoms with Crippen molar-refractivity contribution in [3.63, 3.8) is 0 Å². The molecular formula is C15H20F4IN3. The molecule has 0 saturated heterocycles. The second kappa shape index (κ2) is 8.70. The van der Waals surface area contributed by atoms with Crippen LogP contribution in [0.2, 0.25) is 0 Å². The Hall–Kier alpha value is -1.06. The molecule has 23 heavy (non-hydrogen) atoms. The van der Waals surface area contributed by atoms with Crippen molar-refractivity contribution in [3.05, 3.63) is 35.6 Å². The molecule has 2 rings (SSSR count). The van der Waals surface area contributed by atoms with E-state index >= 15 is 0 Å². The van der Waals surface area contributed by atoms with Crippen LogP contribution in [0.5, 0.6) is 0 Å². The molecule has 1 aromatic rings. The van der Waals surface area contributed by atoms with Gasteiger partial charge in [0.25, 0.3) is 0 Å². The van der Waals surface area contributed by atoms with E-state index in [9.17, 15) is 17.6 Å². The van der Waals surface area contributed by atoms with Gasteiger partial charge in [0.1, 0.15) is 5.82 Å². The molecule has 0 spiro atoms. The summed E-state index contributed by atoms with van der Waals surface area (Å²) in [6.45, 7) is 2.06. The van der Waals surface area contributed by atoms with Crippen LogP contribution in [0.1, 0.15) is 31.2 Å². The van der Waals surface area contributed by atoms with Crippen molar-refractivity contribution < 1.29 is 17.6 Å². The first-order valence-electron chi connectivity index (χ1n) is 7.26. The number of hydrogen-bond donors (Lipinski definition) is 2. The van der Waals surface area contributed by atoms with E-state index < -0.39 is 12.6 Å². The van der Waals surface area contributed by atoms with E-state index in [1.165, 1.54) is 6.07 Å². The molecule has 0 aromatic heterocycles. The predicted molar refractivity (Wildman–Crippen MR) is 92.7 cm³/mol. The van der Waals surface area contributed by atoms with E-state index in [-0.39, 0.29) is 48.3 Å². The first kappa shape index (κ1) is 20.0. The zero-order valence-electron chi connectivity index (χ0n) is 12.7. The largest absolute Gasteiger partial charge is 0.390 e. The highest BCUT2D eigenvalue weighted by Gasteiger charge is 2.40. The SMILES string of the molecule is CCNC(=NCCC(F)(F)F)NC1CC1c1ccccc1F.I. The highest BCUT2D eigenvalue weighted by molar-refractivity contribution is 14.0. The molecule has 0 aliphatic heterocycles. The van der Waals surface area contributed by atoms with Crippen molar-refractivity contribution >= 4 is 29.9 Å². The Labute approximate surface area is 150 Å². The minimum atomic E-state index is -4.21. The highest BCUT2D eigenvalue weighted by Crippen LogP contribution is 2.41. The predicted octanol–water partition coefficient (Wildman–Crippen LogP) is 3.81. The average molecular weight is 445 g/mol. The third kappa shape index (κ3) is 6.52. The number of nitrogens with one attached hydrogen (secondary N) is 2. The molecule has 0 radical (unpaired) electrons. The van der Waals surface area contributed by atoms with Crippen LogP contribution in [0.3, 0.4) is 0 Å². The lowest BCUT2D eigenvalue weighted by atomic mass is 10.1. The van der Waals surface area contributed by atoms with Crippen LogP contribution in [0.25, 0.3) is 0 Å². The number of rotatable bonds is 5. The molecule has 1 aliphatic carbocycles. The minimum Gasteiger partial charge on any atom is -0.357 e. The van der Waals surface area contributed by atoms with Gasteiger partial charge in [-0.3, -0.25) is 4.99 Å². The summed E-state index contributed by atoms with van der Waals surface area (Å²) in [5.74, 6) is 0.124. The van der Waals surface area contributed by atoms with Gasteiger partial charge in [-0.2, -0.15) is 13.2 Å². The van der Waals surface area contributed by atoms with E-state index in [1.807, 2.05) is 6.92 Å². The van der Waals surface area contributed by atoms with E-state index in [0.717, 1.165) is 6.42 Å². The molecule has 0 heterocycles. The molecule has 1 fully saturated rings. The van der Waals surface area contributed by atoms with E-state index in [1.54, 1.807) is 18.2 Å². The monoisotopic (exact) mass is 445 g/mol. The number of guanidine groups is 1. The number of aliphatic imine (C=N–C) groups is 1. The Kier molecular flexibility index (Phi) is 7.56. The fourth-order valence-electron chi connectivity index (χ4n) is 2.26. The number of nitrogens with zero attached hydrogens (tertiary/aromatic N) is 1. The molecular weight excluding hydrogens is 425 g/mol. The smallest absolute Gasteiger partial charge is 0.357 e. The van der Waals surface area contributed by atoms with Gasteiger partial charge in [-0.1, -0.05) is 18.2 Å². The van der Waals surface area contributed by atoms with Gasteiger partial charge in [0.15, 0.2) is 5.96 Å². The van der Waals surface area contributed by atoms with Crippen molar-refractivity contribution in [2.75, 3.05) is 13.1 Å². The fraction of sp³-hybridized carbons (Fsp3) is 0.533. The molecule has 1 aliphatic rings. The van der Waals surface area contributed by atoms with E-state index in [2.05, 4.69) is 15.6 Å². The molecule has 0 amide bonds. The van der Waals surface area contributed by atoms with Crippen LogP contribution in [0.15, 0.2) is 29.3 Å². The lowest BCUT2D eigenvalue weighted by Gasteiger charge is -2.12. The van der Waals surface area contributed by atoms with Gasteiger partial charge in [-0.15, -0.1) is 24.0 Å². The molecule has 1 saturated carbocycles. The van der Waals surface area contributed by atoms with Gasteiger partial charge < -0.3 is 10.6 Å². The van der Waals surface area contributed by atoms with Gasteiger partial charge in [-0.05, 0) is 25.0 Å². The minimum absolute atomic E-state index is 0. The van der Waals surface area contributed by atoms with Crippen LogP contribution in [-0.4, -0.2) is 31.3 Å². The van der Waals surface area contributed by atoms with Crippen molar-refractivity contribution in [2.24, 2.45) is 4.99 Å². The van der Waals surface area contributed by atoms with E-state index in [4.69, 9.17) is 0 Å². The van der Waals surface area contributed by atoms with Crippen LogP contribution >= 0.6 is 24.0 Å². The summed E-state index contributed by atoms with van der Waals surface area (Å²) in [6, 6.07) is 6.55. The second-order valence-corrected chi connectivity index (χ2v) is 5.24. The van der Waals surface area contributed by atoms with Gasteiger partial charge in [-0.25, -0.2) is 4.39 Å². The maximum Gasteiger partial charge on any atom is 0.390 e. The van der Waals surface area contributed by atoms with Crippen molar-refractivity contribution in [1.29, 1.82) is 0 Å². The summed E-state index contributed by atoms with van der Waals surface area (Å²) in [6.07, 6.45) is -4.42. The number of halogens is 5. The Morgan fingerprint density at radius 2 is 2.00 bits per heavy atom. The summed E-state index contributed by atoms with van der Waals surface area (Å²) in [4.78, 5) is 3.91. The zero-order valence-corrected chi connectivity index (χ0v) is 15.0. The van der Waals surface area contributed by atoms with Gasteiger partial charge in [0.2, 0.25) is 0 Å². The topological polar surface area (TPSA) is 36.4 Å². The number of hydrogen-bond acceptors (Lipinski definition) is 1. The van der Waals surface area contributed by atoms with Crippen molar-refractivity contribution in [1.82, 2.24) is 10.6 Å². The summed E-state index contributed by atoms with van der Waals surface area (Å²) in [5.41, 5.74) is 0.631. The number of alkyl halides is 3. The maximum atomic E-state index is 13.7. The van der Waals surface area contributed by atoms with Gasteiger partial charge in [0, 0.05) is 18.5 Å². The van der Waals surface area contributed by atoms with Crippen LogP contribution in [0.4, 0.5) is 17.6 Å². The molecule has 0 bridgehead atoms. The Balaban J connectivity index is 0.00000264. The summed E-state index contributed by atoms with van der Waals surface area (Å²) < 4.78 is 50.1. The summed E-state index contributed by atoms with van der Waals surface area (Å²) in [5, 5.41) is 5.96. The highest BCUT2D eigenvalue weighted by atomic mass is 127. The van der Waals surface area contributed by atoms with Crippen molar-refractivity contribution in [2.45, 2.75) is 37.9 Å². The molecule has 1 aromatic carbocycles. The molecule has 2 unspecified atom stereocenters. The van der Waals surface area contributed by atoms with Gasteiger partial charge in [0.05, 0.1) is 13.0 Å². The lowest BCUT2D eigenvalue weighted by molar-refractivity contribution is -0.132. The van der Waals surface area contributed by atoms with Crippen LogP contribution in [-0.2, 0) is 0 Å². The average Bonchev–Trinajstić information content (AvgIpc) is 3.17. The van der Waals surface area contributed by atoms with Crippen molar-refractivity contribution in [3.8, 4) is 0 Å². The molecule has 130 valence electrons. The molecule has 3 nitrogen and oxygen atoms in total. The second-order valence-electron chi connectivity index (χ2n) is 5.24. The summed E-state index contributed by atoms with van der Waals surface area (Å²) >= 11 is 0. The van der Waals surface area contributed by atoms with Crippen LogP contribution in [0, 0.1) is 5.82 Å². The fourth-order valence-corrected chi connectivity index (χ4v) is 2.26. The van der Waals surface area contributed by atoms with Gasteiger partial charge >= 0.3 is 6.18 Å². The zero-order chi connectivity index (χ0) is 16.2. The van der Waals surface area contributed by atoms with E-state index in [0.29, 0.717) is 18.1 Å². The normalized spacial score (nSPS) is 20.7. The molecule has 2 N–H and O–H groups in total. The summed E-state index contributed by atoms with van der Waals surface area (Å²) in [7, 11) is 0. The maximum absolute atomic E-state index is 13.7. The van der Waals surface area contributed by atoms with Crippen LogP contribution < -0.4 is 10.6 Å².